The van der Waals surface area contributed by atoms with Crippen molar-refractivity contribution >= 4 is 35.4 Å². The SMILES string of the molecule is CCOC(=O)C1CCCN(c2nc(NO)nc(NCc3ccccc3Cl)n2)C1. The molecule has 10 heteroatoms. The number of piperidine rings is 1. The van der Waals surface area contributed by atoms with Crippen LogP contribution in [0.15, 0.2) is 24.3 Å². The van der Waals surface area contributed by atoms with Gasteiger partial charge in [-0.1, -0.05) is 29.8 Å². The maximum absolute atomic E-state index is 12.1. The number of anilines is 3. The van der Waals surface area contributed by atoms with E-state index in [0.29, 0.717) is 43.2 Å². The van der Waals surface area contributed by atoms with Crippen molar-refractivity contribution in [3.63, 3.8) is 0 Å². The molecule has 0 saturated carbocycles. The molecule has 0 radical (unpaired) electrons. The molecule has 0 bridgehead atoms. The Kier molecular flexibility index (Phi) is 6.83. The fourth-order valence-electron chi connectivity index (χ4n) is 3.06. The summed E-state index contributed by atoms with van der Waals surface area (Å²) < 4.78 is 5.14. The number of hydrogen-bond donors (Lipinski definition) is 3. The van der Waals surface area contributed by atoms with Gasteiger partial charge in [-0.05, 0) is 31.4 Å². The van der Waals surface area contributed by atoms with E-state index >= 15 is 0 Å². The summed E-state index contributed by atoms with van der Waals surface area (Å²) in [4.78, 5) is 26.7. The largest absolute Gasteiger partial charge is 0.466 e. The van der Waals surface area contributed by atoms with Crippen LogP contribution in [0.4, 0.5) is 17.8 Å². The average molecular weight is 407 g/mol. The van der Waals surface area contributed by atoms with E-state index in [1.807, 2.05) is 28.6 Å². The van der Waals surface area contributed by atoms with Crippen LogP contribution in [0.3, 0.4) is 0 Å². The predicted molar refractivity (Wildman–Crippen MR) is 106 cm³/mol. The molecular formula is C18H23ClN6O3. The Balaban J connectivity index is 1.75. The van der Waals surface area contributed by atoms with Gasteiger partial charge in [0.1, 0.15) is 0 Å². The molecule has 0 amide bonds. The highest BCUT2D eigenvalue weighted by molar-refractivity contribution is 6.31. The van der Waals surface area contributed by atoms with Crippen LogP contribution in [0.1, 0.15) is 25.3 Å². The van der Waals surface area contributed by atoms with Crippen molar-refractivity contribution < 1.29 is 14.7 Å². The van der Waals surface area contributed by atoms with E-state index in [-0.39, 0.29) is 17.8 Å². The molecule has 0 spiro atoms. The minimum Gasteiger partial charge on any atom is -0.466 e. The molecule has 3 rings (SSSR count). The lowest BCUT2D eigenvalue weighted by Gasteiger charge is -2.31. The molecule has 9 nitrogen and oxygen atoms in total. The van der Waals surface area contributed by atoms with Crippen molar-refractivity contribution in [2.75, 3.05) is 35.4 Å². The van der Waals surface area contributed by atoms with Crippen molar-refractivity contribution in [1.82, 2.24) is 15.0 Å². The fraction of sp³-hybridized carbons (Fsp3) is 0.444. The van der Waals surface area contributed by atoms with E-state index in [9.17, 15) is 10.0 Å². The molecule has 150 valence electrons. The summed E-state index contributed by atoms with van der Waals surface area (Å²) in [6, 6.07) is 7.46. The quantitative estimate of drug-likeness (QED) is 0.471. The van der Waals surface area contributed by atoms with E-state index in [2.05, 4.69) is 20.3 Å². The van der Waals surface area contributed by atoms with E-state index < -0.39 is 0 Å². The van der Waals surface area contributed by atoms with E-state index in [1.54, 1.807) is 13.0 Å². The number of aromatic nitrogens is 3. The van der Waals surface area contributed by atoms with Crippen LogP contribution in [0, 0.1) is 5.92 Å². The zero-order chi connectivity index (χ0) is 19.9. The molecule has 2 heterocycles. The first-order valence-corrected chi connectivity index (χ1v) is 9.53. The summed E-state index contributed by atoms with van der Waals surface area (Å²) in [5.74, 6) is 0.251. The third-order valence-electron chi connectivity index (χ3n) is 4.44. The Hall–Kier alpha value is -2.65. The Labute approximate surface area is 168 Å². The van der Waals surface area contributed by atoms with Gasteiger partial charge in [0.25, 0.3) is 5.95 Å². The Morgan fingerprint density at radius 1 is 1.32 bits per heavy atom. The number of esters is 1. The summed E-state index contributed by atoms with van der Waals surface area (Å²) in [5, 5.41) is 13.0. The number of ether oxygens (including phenoxy) is 1. The second-order valence-electron chi connectivity index (χ2n) is 6.38. The van der Waals surface area contributed by atoms with Gasteiger partial charge in [0, 0.05) is 24.7 Å². The summed E-state index contributed by atoms with van der Waals surface area (Å²) in [7, 11) is 0. The van der Waals surface area contributed by atoms with Crippen LogP contribution in [-0.2, 0) is 16.1 Å². The molecule has 1 aliphatic rings. The molecule has 1 aromatic heterocycles. The van der Waals surface area contributed by atoms with Gasteiger partial charge in [-0.25, -0.2) is 5.48 Å². The first kappa shape index (κ1) is 20.1. The Bertz CT molecular complexity index is 822. The van der Waals surface area contributed by atoms with Gasteiger partial charge in [0.2, 0.25) is 11.9 Å². The summed E-state index contributed by atoms with van der Waals surface area (Å²) in [5.41, 5.74) is 2.86. The van der Waals surface area contributed by atoms with Crippen LogP contribution in [0.2, 0.25) is 5.02 Å². The maximum Gasteiger partial charge on any atom is 0.310 e. The van der Waals surface area contributed by atoms with Crippen molar-refractivity contribution in [3.8, 4) is 0 Å². The third-order valence-corrected chi connectivity index (χ3v) is 4.81. The number of benzene rings is 1. The van der Waals surface area contributed by atoms with Crippen molar-refractivity contribution in [3.05, 3.63) is 34.9 Å². The second-order valence-corrected chi connectivity index (χ2v) is 6.78. The van der Waals surface area contributed by atoms with E-state index in [1.165, 1.54) is 0 Å². The van der Waals surface area contributed by atoms with Crippen molar-refractivity contribution in [2.45, 2.75) is 26.3 Å². The number of carbonyl (C=O) groups excluding carboxylic acids is 1. The maximum atomic E-state index is 12.1. The zero-order valence-corrected chi connectivity index (χ0v) is 16.3. The van der Waals surface area contributed by atoms with Crippen LogP contribution in [0.25, 0.3) is 0 Å². The highest BCUT2D eigenvalue weighted by Gasteiger charge is 2.28. The van der Waals surface area contributed by atoms with E-state index in [0.717, 1.165) is 18.4 Å². The van der Waals surface area contributed by atoms with Gasteiger partial charge in [-0.2, -0.15) is 15.0 Å². The monoisotopic (exact) mass is 406 g/mol. The molecule has 1 aromatic carbocycles. The van der Waals surface area contributed by atoms with Gasteiger partial charge in [0.15, 0.2) is 0 Å². The number of nitrogens with zero attached hydrogens (tertiary/aromatic N) is 4. The number of rotatable bonds is 7. The lowest BCUT2D eigenvalue weighted by Crippen LogP contribution is -2.40. The molecule has 1 aliphatic heterocycles. The van der Waals surface area contributed by atoms with Gasteiger partial charge < -0.3 is 15.0 Å². The zero-order valence-electron chi connectivity index (χ0n) is 15.6. The predicted octanol–water partition coefficient (Wildman–Crippen LogP) is 2.72. The molecule has 1 saturated heterocycles. The number of hydrogen-bond acceptors (Lipinski definition) is 9. The van der Waals surface area contributed by atoms with Crippen LogP contribution >= 0.6 is 11.6 Å². The van der Waals surface area contributed by atoms with Crippen molar-refractivity contribution in [2.24, 2.45) is 5.92 Å². The third kappa shape index (κ3) is 4.99. The lowest BCUT2D eigenvalue weighted by molar-refractivity contribution is -0.148. The average Bonchev–Trinajstić information content (AvgIpc) is 2.73. The van der Waals surface area contributed by atoms with Crippen molar-refractivity contribution in [1.29, 1.82) is 0 Å². The highest BCUT2D eigenvalue weighted by atomic mass is 35.5. The van der Waals surface area contributed by atoms with E-state index in [4.69, 9.17) is 16.3 Å². The first-order chi connectivity index (χ1) is 13.6. The number of halogens is 1. The van der Waals surface area contributed by atoms with Crippen LogP contribution in [-0.4, -0.2) is 45.8 Å². The molecule has 0 aliphatic carbocycles. The summed E-state index contributed by atoms with van der Waals surface area (Å²) in [6.07, 6.45) is 1.59. The molecule has 1 unspecified atom stereocenters. The summed E-state index contributed by atoms with van der Waals surface area (Å²) in [6.45, 7) is 3.72. The van der Waals surface area contributed by atoms with Crippen LogP contribution in [0.5, 0.6) is 0 Å². The number of carbonyl (C=O) groups is 1. The highest BCUT2D eigenvalue weighted by Crippen LogP contribution is 2.23. The lowest BCUT2D eigenvalue weighted by atomic mass is 9.98. The number of nitrogens with one attached hydrogen (secondary N) is 2. The summed E-state index contributed by atoms with van der Waals surface area (Å²) >= 11 is 6.18. The fourth-order valence-corrected chi connectivity index (χ4v) is 3.27. The minimum absolute atomic E-state index is 0.0184. The van der Waals surface area contributed by atoms with Crippen LogP contribution < -0.4 is 15.7 Å². The van der Waals surface area contributed by atoms with Gasteiger partial charge in [-0.3, -0.25) is 10.0 Å². The second kappa shape index (κ2) is 9.52. The molecule has 1 atom stereocenters. The molecule has 2 aromatic rings. The Morgan fingerprint density at radius 2 is 2.11 bits per heavy atom. The standard InChI is InChI=1S/C18H23ClN6O3/c1-2-28-15(26)13-7-5-9-25(11-13)18-22-16(21-17(23-18)24-27)20-10-12-6-3-4-8-14(12)19/h3-4,6,8,13,27H,2,5,7,9-11H2,1H3,(H2,20,21,22,23,24). The minimum atomic E-state index is -0.226. The molecule has 28 heavy (non-hydrogen) atoms. The first-order valence-electron chi connectivity index (χ1n) is 9.15. The topological polar surface area (TPSA) is 112 Å². The Morgan fingerprint density at radius 3 is 2.86 bits per heavy atom. The smallest absolute Gasteiger partial charge is 0.310 e. The van der Waals surface area contributed by atoms with Gasteiger partial charge >= 0.3 is 5.97 Å². The van der Waals surface area contributed by atoms with Gasteiger partial charge in [-0.15, -0.1) is 0 Å². The van der Waals surface area contributed by atoms with Gasteiger partial charge in [0.05, 0.1) is 12.5 Å². The molecule has 1 fully saturated rings. The normalized spacial score (nSPS) is 16.5. The molecule has 3 N–H and O–H groups in total. The molecular weight excluding hydrogens is 384 g/mol.